The van der Waals surface area contributed by atoms with Gasteiger partial charge >= 0.3 is 0 Å². The van der Waals surface area contributed by atoms with Gasteiger partial charge in [-0.1, -0.05) is 13.8 Å². The lowest BCUT2D eigenvalue weighted by Crippen LogP contribution is -2.34. The molecule has 9 nitrogen and oxygen atoms in total. The van der Waals surface area contributed by atoms with E-state index in [0.717, 1.165) is 31.4 Å². The molecule has 2 aromatic heterocycles. The quantitative estimate of drug-likeness (QED) is 0.392. The van der Waals surface area contributed by atoms with Gasteiger partial charge in [0.25, 0.3) is 0 Å². The van der Waals surface area contributed by atoms with E-state index in [1.807, 2.05) is 19.9 Å². The van der Waals surface area contributed by atoms with E-state index in [9.17, 15) is 5.11 Å². The van der Waals surface area contributed by atoms with E-state index >= 15 is 0 Å². The van der Waals surface area contributed by atoms with Crippen LogP contribution in [0.3, 0.4) is 0 Å². The number of nitrogens with one attached hydrogen (secondary N) is 4. The second-order valence-electron chi connectivity index (χ2n) is 8.19. The highest BCUT2D eigenvalue weighted by Gasteiger charge is 2.37. The van der Waals surface area contributed by atoms with Crippen molar-refractivity contribution in [1.82, 2.24) is 15.2 Å². The second kappa shape index (κ2) is 11.4. The van der Waals surface area contributed by atoms with Crippen molar-refractivity contribution < 1.29 is 14.6 Å². The Kier molecular flexibility index (Phi) is 8.60. The van der Waals surface area contributed by atoms with Crippen molar-refractivity contribution in [2.75, 3.05) is 37.6 Å². The summed E-state index contributed by atoms with van der Waals surface area (Å²) in [6.45, 7) is 6.08. The van der Waals surface area contributed by atoms with E-state index in [4.69, 9.17) is 19.9 Å². The van der Waals surface area contributed by atoms with Crippen molar-refractivity contribution in [1.29, 1.82) is 5.41 Å². The number of rotatable bonds is 8. The van der Waals surface area contributed by atoms with Gasteiger partial charge in [0.2, 0.25) is 0 Å². The van der Waals surface area contributed by atoms with Crippen molar-refractivity contribution in [2.24, 2.45) is 5.92 Å². The number of anilines is 3. The van der Waals surface area contributed by atoms with E-state index in [1.54, 1.807) is 19.4 Å². The zero-order valence-corrected chi connectivity index (χ0v) is 19.3. The molecule has 4 rings (SSSR count). The molecule has 5 N–H and O–H groups in total. The molecule has 2 aromatic rings. The molecule has 0 aromatic carbocycles. The van der Waals surface area contributed by atoms with Crippen molar-refractivity contribution in [2.45, 2.75) is 57.6 Å². The summed E-state index contributed by atoms with van der Waals surface area (Å²) < 4.78 is 10.8. The Bertz CT molecular complexity index is 844. The molecular formula is C23H36N6O3. The summed E-state index contributed by atoms with van der Waals surface area (Å²) in [4.78, 5) is 4.70. The number of H-pyrrole nitrogens is 1. The first-order valence-corrected chi connectivity index (χ1v) is 11.5. The van der Waals surface area contributed by atoms with E-state index in [2.05, 4.69) is 20.8 Å². The minimum atomic E-state index is -1.01. The summed E-state index contributed by atoms with van der Waals surface area (Å²) in [5.74, 6) is 2.31. The molecule has 1 aliphatic carbocycles. The average molecular weight is 445 g/mol. The van der Waals surface area contributed by atoms with Gasteiger partial charge in [-0.2, -0.15) is 5.10 Å². The third kappa shape index (κ3) is 5.65. The number of aliphatic hydroxyl groups is 1. The topological polar surface area (TPSA) is 128 Å². The molecule has 176 valence electrons. The van der Waals surface area contributed by atoms with Gasteiger partial charge in [0.05, 0.1) is 24.4 Å². The van der Waals surface area contributed by atoms with E-state index in [1.165, 1.54) is 6.21 Å². The fourth-order valence-corrected chi connectivity index (χ4v) is 4.39. The summed E-state index contributed by atoms with van der Waals surface area (Å²) in [5.41, 5.74) is 0.310. The minimum absolute atomic E-state index is 0.184. The maximum absolute atomic E-state index is 11.6. The summed E-state index contributed by atoms with van der Waals surface area (Å²) in [5, 5.41) is 33.1. The molecule has 1 atom stereocenters. The summed E-state index contributed by atoms with van der Waals surface area (Å²) in [6, 6.07) is 3.88. The van der Waals surface area contributed by atoms with Gasteiger partial charge in [-0.15, -0.1) is 0 Å². The van der Waals surface area contributed by atoms with Crippen LogP contribution in [0.2, 0.25) is 0 Å². The molecule has 1 saturated heterocycles. The second-order valence-corrected chi connectivity index (χ2v) is 8.19. The fraction of sp³-hybridized carbons (Fsp3) is 0.609. The Morgan fingerprint density at radius 1 is 1.34 bits per heavy atom. The highest BCUT2D eigenvalue weighted by molar-refractivity contribution is 5.89. The first kappa shape index (κ1) is 24.2. The largest absolute Gasteiger partial charge is 0.385 e. The monoisotopic (exact) mass is 444 g/mol. The molecule has 3 heterocycles. The third-order valence-electron chi connectivity index (χ3n) is 6.07. The van der Waals surface area contributed by atoms with Crippen LogP contribution in [0.25, 0.3) is 0 Å². The fourth-order valence-electron chi connectivity index (χ4n) is 4.39. The van der Waals surface area contributed by atoms with Crippen LogP contribution in [-0.4, -0.2) is 59.5 Å². The van der Waals surface area contributed by atoms with Crippen LogP contribution in [0.1, 0.15) is 57.1 Å². The highest BCUT2D eigenvalue weighted by atomic mass is 16.5. The Hall–Kier alpha value is -2.49. The molecule has 0 amide bonds. The van der Waals surface area contributed by atoms with Crippen LogP contribution >= 0.6 is 0 Å². The molecule has 0 bridgehead atoms. The molecule has 9 heteroatoms. The molecule has 1 unspecified atom stereocenters. The predicted octanol–water partition coefficient (Wildman–Crippen LogP) is 3.80. The van der Waals surface area contributed by atoms with Crippen molar-refractivity contribution in [3.63, 3.8) is 0 Å². The smallest absolute Gasteiger partial charge is 0.143 e. The van der Waals surface area contributed by atoms with Gasteiger partial charge in [-0.25, -0.2) is 4.98 Å². The zero-order valence-electron chi connectivity index (χ0n) is 19.3. The number of hydrogen-bond acceptors (Lipinski definition) is 8. The molecule has 32 heavy (non-hydrogen) atoms. The number of aromatic amines is 1. The third-order valence-corrected chi connectivity index (χ3v) is 6.07. The molecule has 1 saturated carbocycles. The number of pyridine rings is 1. The van der Waals surface area contributed by atoms with Crippen LogP contribution in [0.4, 0.5) is 17.5 Å². The lowest BCUT2D eigenvalue weighted by Gasteiger charge is -2.37. The predicted molar refractivity (Wildman–Crippen MR) is 126 cm³/mol. The average Bonchev–Trinajstić information content (AvgIpc) is 3.51. The molecule has 0 spiro atoms. The lowest BCUT2D eigenvalue weighted by molar-refractivity contribution is -0.0245. The SMILES string of the molecule is CC.COCC1CCC(O)(c2cc(NC3CCOC3)nc(Nc3ccn[nH]3)c2C=N)CC1. The zero-order chi connectivity index (χ0) is 23.0. The van der Waals surface area contributed by atoms with Gasteiger partial charge in [-0.3, -0.25) is 5.10 Å². The van der Waals surface area contributed by atoms with Gasteiger partial charge in [0, 0.05) is 38.2 Å². The molecule has 2 aliphatic rings. The highest BCUT2D eigenvalue weighted by Crippen LogP contribution is 2.42. The number of ether oxygens (including phenoxy) is 2. The van der Waals surface area contributed by atoms with E-state index in [0.29, 0.717) is 55.0 Å². The lowest BCUT2D eigenvalue weighted by atomic mass is 9.74. The molecule has 1 aliphatic heterocycles. The van der Waals surface area contributed by atoms with Gasteiger partial charge < -0.3 is 30.6 Å². The van der Waals surface area contributed by atoms with E-state index < -0.39 is 5.60 Å². The first-order valence-electron chi connectivity index (χ1n) is 11.5. The van der Waals surface area contributed by atoms with Gasteiger partial charge in [0.1, 0.15) is 17.5 Å². The number of methoxy groups -OCH3 is 1. The standard InChI is InChI=1S/C21H30N6O3.C2H6/c1-29-12-14-2-6-21(28,7-3-14)17-10-19(24-15-5-9-30-13-15)26-20(16(17)11-22)25-18-4-8-23-27-18;1-2/h4,8,10-11,14-15,22,28H,2-3,5-7,9,12-13H2,1H3,(H3,23,24,25,26,27);1-2H3. The maximum Gasteiger partial charge on any atom is 0.143 e. The molecule has 2 fully saturated rings. The van der Waals surface area contributed by atoms with Crippen molar-refractivity contribution in [3.05, 3.63) is 29.5 Å². The Labute approximate surface area is 189 Å². The van der Waals surface area contributed by atoms with Gasteiger partial charge in [0.15, 0.2) is 0 Å². The maximum atomic E-state index is 11.6. The van der Waals surface area contributed by atoms with Crippen LogP contribution in [0, 0.1) is 11.3 Å². The van der Waals surface area contributed by atoms with Crippen LogP contribution in [-0.2, 0) is 15.1 Å². The van der Waals surface area contributed by atoms with Gasteiger partial charge in [-0.05, 0) is 49.7 Å². The number of hydrogen-bond donors (Lipinski definition) is 5. The Morgan fingerprint density at radius 2 is 2.12 bits per heavy atom. The number of aromatic nitrogens is 3. The molecule has 0 radical (unpaired) electrons. The van der Waals surface area contributed by atoms with Crippen LogP contribution in [0.5, 0.6) is 0 Å². The van der Waals surface area contributed by atoms with Crippen LogP contribution < -0.4 is 10.6 Å². The Balaban J connectivity index is 0.00000141. The normalized spacial score (nSPS) is 25.0. The minimum Gasteiger partial charge on any atom is -0.385 e. The molecular weight excluding hydrogens is 408 g/mol. The number of nitrogens with zero attached hydrogens (tertiary/aromatic N) is 2. The van der Waals surface area contributed by atoms with E-state index in [-0.39, 0.29) is 6.04 Å². The van der Waals surface area contributed by atoms with Crippen molar-refractivity contribution >= 4 is 23.7 Å². The summed E-state index contributed by atoms with van der Waals surface area (Å²) in [7, 11) is 1.72. The Morgan fingerprint density at radius 3 is 2.72 bits per heavy atom. The first-order chi connectivity index (χ1) is 15.6. The summed E-state index contributed by atoms with van der Waals surface area (Å²) >= 11 is 0. The van der Waals surface area contributed by atoms with Crippen molar-refractivity contribution in [3.8, 4) is 0 Å². The van der Waals surface area contributed by atoms with Crippen LogP contribution in [0.15, 0.2) is 18.3 Å². The summed E-state index contributed by atoms with van der Waals surface area (Å²) in [6.07, 6.45) is 6.84.